The van der Waals surface area contributed by atoms with Gasteiger partial charge in [-0.15, -0.1) is 0 Å². The van der Waals surface area contributed by atoms with E-state index in [2.05, 4.69) is 15.6 Å². The summed E-state index contributed by atoms with van der Waals surface area (Å²) in [6.45, 7) is 2.37. The quantitative estimate of drug-likeness (QED) is 0.762. The molecule has 0 fully saturated rings. The summed E-state index contributed by atoms with van der Waals surface area (Å²) in [5.74, 6) is -0.265. The predicted molar refractivity (Wildman–Crippen MR) is 90.3 cm³/mol. The Labute approximate surface area is 135 Å². The molecule has 2 amide bonds. The lowest BCUT2D eigenvalue weighted by molar-refractivity contribution is -0.116. The van der Waals surface area contributed by atoms with Gasteiger partial charge >= 0.3 is 0 Å². The minimum atomic E-state index is -0.199. The van der Waals surface area contributed by atoms with Crippen LogP contribution in [0, 0.1) is 6.92 Å². The van der Waals surface area contributed by atoms with Crippen LogP contribution in [-0.4, -0.2) is 23.3 Å². The largest absolute Gasteiger partial charge is 0.330 e. The van der Waals surface area contributed by atoms with Crippen LogP contribution >= 0.6 is 0 Å². The van der Waals surface area contributed by atoms with Crippen molar-refractivity contribution < 1.29 is 9.59 Å². The minimum absolute atomic E-state index is 0.0663. The van der Waals surface area contributed by atoms with E-state index in [9.17, 15) is 9.59 Å². The summed E-state index contributed by atoms with van der Waals surface area (Å²) in [6, 6.07) is 8.65. The van der Waals surface area contributed by atoms with Gasteiger partial charge in [0.15, 0.2) is 0 Å². The highest BCUT2D eigenvalue weighted by Gasteiger charge is 2.08. The molecule has 0 bridgehead atoms. The molecule has 0 spiro atoms. The van der Waals surface area contributed by atoms with Crippen LogP contribution in [-0.2, 0) is 4.79 Å². The number of hydrogen-bond donors (Lipinski definition) is 3. The Morgan fingerprint density at radius 3 is 2.52 bits per heavy atom. The van der Waals surface area contributed by atoms with Crippen LogP contribution < -0.4 is 16.4 Å². The molecule has 0 aliphatic carbocycles. The highest BCUT2D eigenvalue weighted by Crippen LogP contribution is 2.20. The molecule has 0 saturated heterocycles. The van der Waals surface area contributed by atoms with Crippen LogP contribution in [0.4, 0.5) is 11.4 Å². The van der Waals surface area contributed by atoms with E-state index in [0.717, 1.165) is 5.56 Å². The number of benzene rings is 1. The SMILES string of the molecule is Cc1cc(NC(=O)CCCN)ccc1NC(=O)c1ccncc1. The number of nitrogens with zero attached hydrogens (tertiary/aromatic N) is 1. The Kier molecular flexibility index (Phi) is 5.82. The number of hydrogen-bond acceptors (Lipinski definition) is 4. The summed E-state index contributed by atoms with van der Waals surface area (Å²) in [7, 11) is 0. The second kappa shape index (κ2) is 8.05. The zero-order valence-electron chi connectivity index (χ0n) is 13.0. The van der Waals surface area contributed by atoms with Crippen molar-refractivity contribution in [2.75, 3.05) is 17.2 Å². The lowest BCUT2D eigenvalue weighted by Crippen LogP contribution is -2.15. The molecule has 0 aliphatic rings. The highest BCUT2D eigenvalue weighted by atomic mass is 16.2. The van der Waals surface area contributed by atoms with Crippen LogP contribution in [0.25, 0.3) is 0 Å². The van der Waals surface area contributed by atoms with Gasteiger partial charge in [0.05, 0.1) is 0 Å². The lowest BCUT2D eigenvalue weighted by Gasteiger charge is -2.11. The van der Waals surface area contributed by atoms with Crippen molar-refractivity contribution in [1.82, 2.24) is 4.98 Å². The van der Waals surface area contributed by atoms with Crippen LogP contribution in [0.5, 0.6) is 0 Å². The molecule has 1 aromatic heterocycles. The topological polar surface area (TPSA) is 97.1 Å². The fraction of sp³-hybridized carbons (Fsp3) is 0.235. The van der Waals surface area contributed by atoms with Gasteiger partial charge in [-0.2, -0.15) is 0 Å². The molecule has 0 saturated carbocycles. The summed E-state index contributed by atoms with van der Waals surface area (Å²) in [5.41, 5.74) is 8.19. The van der Waals surface area contributed by atoms with Gasteiger partial charge in [-0.1, -0.05) is 0 Å². The van der Waals surface area contributed by atoms with Crippen molar-refractivity contribution in [3.05, 3.63) is 53.9 Å². The number of anilines is 2. The molecular formula is C17H20N4O2. The third kappa shape index (κ3) is 4.89. The molecule has 0 unspecified atom stereocenters. The first-order valence-corrected chi connectivity index (χ1v) is 7.42. The minimum Gasteiger partial charge on any atom is -0.330 e. The van der Waals surface area contributed by atoms with E-state index in [1.807, 2.05) is 13.0 Å². The van der Waals surface area contributed by atoms with E-state index < -0.39 is 0 Å². The van der Waals surface area contributed by atoms with Crippen LogP contribution in [0.1, 0.15) is 28.8 Å². The summed E-state index contributed by atoms with van der Waals surface area (Å²) < 4.78 is 0. The molecular weight excluding hydrogens is 292 g/mol. The summed E-state index contributed by atoms with van der Waals surface area (Å²) in [5, 5.41) is 5.66. The van der Waals surface area contributed by atoms with Crippen molar-refractivity contribution in [2.24, 2.45) is 5.73 Å². The van der Waals surface area contributed by atoms with Crippen LogP contribution in [0.3, 0.4) is 0 Å². The number of nitrogens with one attached hydrogen (secondary N) is 2. The van der Waals surface area contributed by atoms with Gasteiger partial charge in [-0.3, -0.25) is 14.6 Å². The Bertz CT molecular complexity index is 686. The highest BCUT2D eigenvalue weighted by molar-refractivity contribution is 6.04. The molecule has 4 N–H and O–H groups in total. The molecule has 1 aromatic carbocycles. The number of pyridine rings is 1. The zero-order valence-corrected chi connectivity index (χ0v) is 13.0. The molecule has 23 heavy (non-hydrogen) atoms. The fourth-order valence-corrected chi connectivity index (χ4v) is 2.07. The van der Waals surface area contributed by atoms with Crippen LogP contribution in [0.15, 0.2) is 42.7 Å². The van der Waals surface area contributed by atoms with E-state index in [0.29, 0.717) is 36.3 Å². The average Bonchev–Trinajstić information content (AvgIpc) is 2.56. The van der Waals surface area contributed by atoms with Crippen molar-refractivity contribution >= 4 is 23.2 Å². The van der Waals surface area contributed by atoms with Gasteiger partial charge < -0.3 is 16.4 Å². The molecule has 0 atom stereocenters. The smallest absolute Gasteiger partial charge is 0.255 e. The van der Waals surface area contributed by atoms with Crippen LogP contribution in [0.2, 0.25) is 0 Å². The maximum Gasteiger partial charge on any atom is 0.255 e. The van der Waals surface area contributed by atoms with Crippen molar-refractivity contribution in [1.29, 1.82) is 0 Å². The van der Waals surface area contributed by atoms with Gasteiger partial charge in [-0.05, 0) is 55.8 Å². The number of nitrogens with two attached hydrogens (primary N) is 1. The standard InChI is InChI=1S/C17H20N4O2/c1-12-11-14(20-16(22)3-2-8-18)4-5-15(12)21-17(23)13-6-9-19-10-7-13/h4-7,9-11H,2-3,8,18H2,1H3,(H,20,22)(H,21,23). The maximum absolute atomic E-state index is 12.1. The first-order valence-electron chi connectivity index (χ1n) is 7.42. The molecule has 0 radical (unpaired) electrons. The molecule has 2 rings (SSSR count). The van der Waals surface area contributed by atoms with E-state index in [4.69, 9.17) is 5.73 Å². The van der Waals surface area contributed by atoms with Gasteiger partial charge in [0.25, 0.3) is 5.91 Å². The summed E-state index contributed by atoms with van der Waals surface area (Å²) in [6.07, 6.45) is 4.20. The normalized spacial score (nSPS) is 10.2. The average molecular weight is 312 g/mol. The number of carbonyl (C=O) groups is 2. The number of amides is 2. The van der Waals surface area contributed by atoms with Crippen molar-refractivity contribution in [3.63, 3.8) is 0 Å². The molecule has 2 aromatic rings. The zero-order chi connectivity index (χ0) is 16.7. The molecule has 6 heteroatoms. The Hall–Kier alpha value is -2.73. The molecule has 0 aliphatic heterocycles. The van der Waals surface area contributed by atoms with E-state index in [1.54, 1.807) is 36.7 Å². The Balaban J connectivity index is 2.02. The predicted octanol–water partition coefficient (Wildman–Crippen LogP) is 2.32. The van der Waals surface area contributed by atoms with E-state index >= 15 is 0 Å². The summed E-state index contributed by atoms with van der Waals surface area (Å²) >= 11 is 0. The van der Waals surface area contributed by atoms with E-state index in [1.165, 1.54) is 0 Å². The number of carbonyl (C=O) groups excluding carboxylic acids is 2. The fourth-order valence-electron chi connectivity index (χ4n) is 2.07. The Morgan fingerprint density at radius 1 is 1.13 bits per heavy atom. The third-order valence-electron chi connectivity index (χ3n) is 3.31. The first kappa shape index (κ1) is 16.6. The molecule has 6 nitrogen and oxygen atoms in total. The maximum atomic E-state index is 12.1. The number of aromatic nitrogens is 1. The first-order chi connectivity index (χ1) is 11.1. The van der Waals surface area contributed by atoms with Gasteiger partial charge in [0.1, 0.15) is 0 Å². The van der Waals surface area contributed by atoms with Gasteiger partial charge in [-0.25, -0.2) is 0 Å². The van der Waals surface area contributed by atoms with Gasteiger partial charge in [0.2, 0.25) is 5.91 Å². The lowest BCUT2D eigenvalue weighted by atomic mass is 10.1. The summed E-state index contributed by atoms with van der Waals surface area (Å²) in [4.78, 5) is 27.7. The second-order valence-electron chi connectivity index (χ2n) is 5.16. The molecule has 1 heterocycles. The number of aryl methyl sites for hydroxylation is 1. The molecule has 120 valence electrons. The number of rotatable bonds is 6. The van der Waals surface area contributed by atoms with E-state index in [-0.39, 0.29) is 11.8 Å². The second-order valence-corrected chi connectivity index (χ2v) is 5.16. The van der Waals surface area contributed by atoms with Crippen molar-refractivity contribution in [2.45, 2.75) is 19.8 Å². The van der Waals surface area contributed by atoms with Crippen molar-refractivity contribution in [3.8, 4) is 0 Å². The Morgan fingerprint density at radius 2 is 1.87 bits per heavy atom. The monoisotopic (exact) mass is 312 g/mol. The van der Waals surface area contributed by atoms with Gasteiger partial charge in [0, 0.05) is 35.8 Å². The third-order valence-corrected chi connectivity index (χ3v) is 3.31.